The number of amides is 2. The van der Waals surface area contributed by atoms with E-state index >= 15 is 0 Å². The minimum Gasteiger partial charge on any atom is -0.444 e. The Morgan fingerprint density at radius 2 is 1.92 bits per heavy atom. The monoisotopic (exact) mass is 414 g/mol. The Balaban J connectivity index is 2.09. The van der Waals surface area contributed by atoms with E-state index < -0.39 is 11.4 Å². The van der Waals surface area contributed by atoms with Gasteiger partial charge in [0.1, 0.15) is 11.4 Å². The van der Waals surface area contributed by atoms with Crippen molar-refractivity contribution in [1.82, 2.24) is 9.80 Å². The molecule has 0 aromatic heterocycles. The van der Waals surface area contributed by atoms with E-state index in [4.69, 9.17) is 4.74 Å². The highest BCUT2D eigenvalue weighted by Crippen LogP contribution is 2.24. The first-order valence-corrected chi connectivity index (χ1v) is 9.03. The number of hydrogen-bond donors (Lipinski definition) is 0. The van der Waals surface area contributed by atoms with Gasteiger partial charge < -0.3 is 14.5 Å². The lowest BCUT2D eigenvalue weighted by molar-refractivity contribution is 0.00197. The van der Waals surface area contributed by atoms with Crippen molar-refractivity contribution < 1.29 is 18.7 Å². The number of carbonyl (C=O) groups is 2. The van der Waals surface area contributed by atoms with Crippen molar-refractivity contribution in [2.24, 2.45) is 0 Å². The van der Waals surface area contributed by atoms with Crippen molar-refractivity contribution in [3.8, 4) is 0 Å². The lowest BCUT2D eigenvalue weighted by atomic mass is 10.1. The zero-order valence-corrected chi connectivity index (χ0v) is 16.8. The van der Waals surface area contributed by atoms with Crippen molar-refractivity contribution >= 4 is 27.9 Å². The van der Waals surface area contributed by atoms with Crippen molar-refractivity contribution in [3.63, 3.8) is 0 Å². The highest BCUT2D eigenvalue weighted by molar-refractivity contribution is 9.10. The molecule has 1 aromatic rings. The molecular formula is C18H24BrFN2O3. The van der Waals surface area contributed by atoms with Gasteiger partial charge in [-0.3, -0.25) is 4.79 Å². The Labute approximate surface area is 156 Å². The molecule has 1 unspecified atom stereocenters. The second-order valence-corrected chi connectivity index (χ2v) is 8.21. The zero-order chi connectivity index (χ0) is 18.9. The van der Waals surface area contributed by atoms with Gasteiger partial charge in [0.2, 0.25) is 0 Å². The predicted molar refractivity (Wildman–Crippen MR) is 97.1 cm³/mol. The molecule has 0 aliphatic carbocycles. The fourth-order valence-corrected chi connectivity index (χ4v) is 3.34. The Morgan fingerprint density at radius 1 is 1.28 bits per heavy atom. The van der Waals surface area contributed by atoms with Crippen LogP contribution in [0.3, 0.4) is 0 Å². The second kappa shape index (κ2) is 7.32. The lowest BCUT2D eigenvalue weighted by Crippen LogP contribution is -2.56. The number of ether oxygens (including phenoxy) is 1. The molecule has 5 nitrogen and oxygen atoms in total. The van der Waals surface area contributed by atoms with E-state index in [1.165, 1.54) is 6.07 Å². The first kappa shape index (κ1) is 19.7. The van der Waals surface area contributed by atoms with E-state index in [1.807, 2.05) is 27.7 Å². The summed E-state index contributed by atoms with van der Waals surface area (Å²) in [5, 5.41) is 0. The summed E-state index contributed by atoms with van der Waals surface area (Å²) in [4.78, 5) is 28.2. The zero-order valence-electron chi connectivity index (χ0n) is 15.2. The van der Waals surface area contributed by atoms with Crippen molar-refractivity contribution in [3.05, 3.63) is 33.5 Å². The van der Waals surface area contributed by atoms with Crippen LogP contribution in [0.2, 0.25) is 0 Å². The van der Waals surface area contributed by atoms with E-state index in [0.29, 0.717) is 35.2 Å². The van der Waals surface area contributed by atoms with Crippen LogP contribution < -0.4 is 0 Å². The molecule has 1 fully saturated rings. The molecule has 1 aromatic carbocycles. The average Bonchev–Trinajstić information content (AvgIpc) is 2.48. The molecule has 2 amide bonds. The Hall–Kier alpha value is -1.63. The molecule has 0 saturated carbocycles. The maximum Gasteiger partial charge on any atom is 0.410 e. The normalized spacial score (nSPS) is 18.3. The molecule has 0 radical (unpaired) electrons. The van der Waals surface area contributed by atoms with Crippen LogP contribution in [-0.2, 0) is 4.74 Å². The first-order valence-electron chi connectivity index (χ1n) is 8.24. The number of aryl methyl sites for hydroxylation is 1. The summed E-state index contributed by atoms with van der Waals surface area (Å²) in [6.07, 6.45) is -0.380. The number of hydrogen-bond acceptors (Lipinski definition) is 3. The molecule has 7 heteroatoms. The molecule has 1 heterocycles. The number of rotatable bonds is 1. The largest absolute Gasteiger partial charge is 0.444 e. The van der Waals surface area contributed by atoms with Crippen LogP contribution in [0.1, 0.15) is 43.6 Å². The van der Waals surface area contributed by atoms with E-state index in [1.54, 1.807) is 22.8 Å². The molecule has 0 spiro atoms. The summed E-state index contributed by atoms with van der Waals surface area (Å²) < 4.78 is 19.8. The fraction of sp³-hybridized carbons (Fsp3) is 0.556. The minimum absolute atomic E-state index is 0.179. The van der Waals surface area contributed by atoms with Crippen molar-refractivity contribution in [2.45, 2.75) is 46.3 Å². The summed E-state index contributed by atoms with van der Waals surface area (Å²) >= 11 is 3.33. The summed E-state index contributed by atoms with van der Waals surface area (Å²) in [7, 11) is 0. The number of benzene rings is 1. The smallest absolute Gasteiger partial charge is 0.410 e. The van der Waals surface area contributed by atoms with Gasteiger partial charge in [0.05, 0.1) is 5.56 Å². The third kappa shape index (κ3) is 4.71. The van der Waals surface area contributed by atoms with Crippen LogP contribution >= 0.6 is 15.9 Å². The van der Waals surface area contributed by atoms with Crippen LogP contribution in [0, 0.1) is 12.7 Å². The topological polar surface area (TPSA) is 49.9 Å². The van der Waals surface area contributed by atoms with Gasteiger partial charge in [0.25, 0.3) is 5.91 Å². The van der Waals surface area contributed by atoms with Gasteiger partial charge in [-0.25, -0.2) is 9.18 Å². The molecule has 1 atom stereocenters. The number of carbonyl (C=O) groups excluding carboxylic acids is 2. The van der Waals surface area contributed by atoms with Crippen LogP contribution in [0.15, 0.2) is 16.6 Å². The molecule has 138 valence electrons. The Bertz CT molecular complexity index is 688. The summed E-state index contributed by atoms with van der Waals surface area (Å²) in [5.74, 6) is -0.659. The highest BCUT2D eigenvalue weighted by atomic mass is 79.9. The van der Waals surface area contributed by atoms with Crippen LogP contribution in [0.25, 0.3) is 0 Å². The van der Waals surface area contributed by atoms with E-state index in [2.05, 4.69) is 15.9 Å². The number of halogens is 2. The van der Waals surface area contributed by atoms with Crippen molar-refractivity contribution in [2.75, 3.05) is 19.6 Å². The number of nitrogens with zero attached hydrogens (tertiary/aromatic N) is 2. The van der Waals surface area contributed by atoms with Gasteiger partial charge in [-0.1, -0.05) is 0 Å². The molecule has 0 N–H and O–H groups in total. The SMILES string of the molecule is Cc1cc(Br)c(C(=O)N2CCN(C(=O)OC(C)(C)C)C(C)C2)cc1F. The first-order chi connectivity index (χ1) is 11.5. The van der Waals surface area contributed by atoms with Crippen molar-refractivity contribution in [1.29, 1.82) is 0 Å². The van der Waals surface area contributed by atoms with Gasteiger partial charge in [0, 0.05) is 30.1 Å². The van der Waals surface area contributed by atoms with Gasteiger partial charge in [-0.2, -0.15) is 0 Å². The predicted octanol–water partition coefficient (Wildman–Crippen LogP) is 3.98. The Kier molecular flexibility index (Phi) is 5.76. The maximum absolute atomic E-state index is 13.8. The van der Waals surface area contributed by atoms with E-state index in [-0.39, 0.29) is 18.0 Å². The standard InChI is InChI=1S/C18H24BrFN2O3/c1-11-8-14(19)13(9-15(11)20)16(23)21-6-7-22(12(2)10-21)17(24)25-18(3,4)5/h8-9,12H,6-7,10H2,1-5H3. The van der Waals surface area contributed by atoms with Gasteiger partial charge >= 0.3 is 6.09 Å². The summed E-state index contributed by atoms with van der Waals surface area (Å²) in [6.45, 7) is 10.1. The molecule has 2 rings (SSSR count). The van der Waals surface area contributed by atoms with Crippen LogP contribution in [-0.4, -0.2) is 53.1 Å². The summed E-state index contributed by atoms with van der Waals surface area (Å²) in [6, 6.07) is 2.68. The third-order valence-corrected chi connectivity index (χ3v) is 4.68. The molecule has 25 heavy (non-hydrogen) atoms. The maximum atomic E-state index is 13.8. The van der Waals surface area contributed by atoms with E-state index in [0.717, 1.165) is 0 Å². The molecular weight excluding hydrogens is 391 g/mol. The third-order valence-electron chi connectivity index (χ3n) is 4.02. The Morgan fingerprint density at radius 3 is 2.48 bits per heavy atom. The average molecular weight is 415 g/mol. The van der Waals surface area contributed by atoms with E-state index in [9.17, 15) is 14.0 Å². The quantitative estimate of drug-likeness (QED) is 0.698. The summed E-state index contributed by atoms with van der Waals surface area (Å²) in [5.41, 5.74) is 0.209. The van der Waals surface area contributed by atoms with Gasteiger partial charge in [0.15, 0.2) is 0 Å². The fourth-order valence-electron chi connectivity index (χ4n) is 2.71. The van der Waals surface area contributed by atoms with Crippen LogP contribution in [0.4, 0.5) is 9.18 Å². The van der Waals surface area contributed by atoms with Crippen LogP contribution in [0.5, 0.6) is 0 Å². The number of piperazine rings is 1. The molecule has 1 saturated heterocycles. The minimum atomic E-state index is -0.561. The second-order valence-electron chi connectivity index (χ2n) is 7.36. The lowest BCUT2D eigenvalue weighted by Gasteiger charge is -2.40. The molecule has 1 aliphatic rings. The molecule has 0 bridgehead atoms. The van der Waals surface area contributed by atoms with Gasteiger partial charge in [-0.15, -0.1) is 0 Å². The highest BCUT2D eigenvalue weighted by Gasteiger charge is 2.33. The van der Waals surface area contributed by atoms with Gasteiger partial charge in [-0.05, 0) is 68.2 Å². The molecule has 1 aliphatic heterocycles.